The summed E-state index contributed by atoms with van der Waals surface area (Å²) in [5, 5.41) is 4.71. The normalized spacial score (nSPS) is 43.8. The van der Waals surface area contributed by atoms with Crippen LogP contribution in [0.3, 0.4) is 0 Å². The summed E-state index contributed by atoms with van der Waals surface area (Å²) in [5.41, 5.74) is 3.16. The van der Waals surface area contributed by atoms with E-state index in [4.69, 9.17) is 14.4 Å². The molecule has 0 aliphatic heterocycles. The van der Waals surface area contributed by atoms with Crippen molar-refractivity contribution in [2.45, 2.75) is 103 Å². The van der Waals surface area contributed by atoms with E-state index in [-0.39, 0.29) is 0 Å². The van der Waals surface area contributed by atoms with Gasteiger partial charge in [-0.2, -0.15) is 0 Å². The summed E-state index contributed by atoms with van der Waals surface area (Å²) in [7, 11) is 0. The van der Waals surface area contributed by atoms with Gasteiger partial charge in [0.1, 0.15) is 5.76 Å². The molecule has 0 amide bonds. The van der Waals surface area contributed by atoms with Gasteiger partial charge in [0.25, 0.3) is 0 Å². The van der Waals surface area contributed by atoms with Crippen molar-refractivity contribution in [3.05, 3.63) is 17.0 Å². The number of rotatable bonds is 5. The molecule has 6 aliphatic rings. The summed E-state index contributed by atoms with van der Waals surface area (Å²) in [6.45, 7) is 8.19. The molecule has 3 heteroatoms. The summed E-state index contributed by atoms with van der Waals surface area (Å²) in [6.07, 6.45) is 12.6. The van der Waals surface area contributed by atoms with Crippen LogP contribution in [0, 0.1) is 35.0 Å². The maximum Gasteiger partial charge on any atom is 0.145 e. The second-order valence-electron chi connectivity index (χ2n) is 11.7. The monoisotopic (exact) mass is 383 g/mol. The molecule has 0 spiro atoms. The molecule has 6 aliphatic carbocycles. The Morgan fingerprint density at radius 1 is 1.00 bits per heavy atom. The highest BCUT2D eigenvalue weighted by atomic mass is 16.5. The third-order valence-electron chi connectivity index (χ3n) is 9.81. The molecule has 0 N–H and O–H groups in total. The van der Waals surface area contributed by atoms with Crippen molar-refractivity contribution in [2.24, 2.45) is 35.0 Å². The summed E-state index contributed by atoms with van der Waals surface area (Å²) >= 11 is 0. The molecule has 3 nitrogen and oxygen atoms in total. The second kappa shape index (κ2) is 6.33. The minimum Gasteiger partial charge on any atom is -0.373 e. The van der Waals surface area contributed by atoms with Crippen molar-refractivity contribution in [2.75, 3.05) is 0 Å². The van der Waals surface area contributed by atoms with E-state index in [9.17, 15) is 0 Å². The summed E-state index contributed by atoms with van der Waals surface area (Å²) in [4.78, 5) is 0. The van der Waals surface area contributed by atoms with Gasteiger partial charge in [0.15, 0.2) is 0 Å². The highest BCUT2D eigenvalue weighted by molar-refractivity contribution is 5.32. The molecule has 1 aromatic rings. The first-order valence-corrected chi connectivity index (χ1v) is 12.1. The van der Waals surface area contributed by atoms with Gasteiger partial charge in [0.05, 0.1) is 18.4 Å². The minimum absolute atomic E-state index is 0.470. The Balaban J connectivity index is 1.22. The SMILES string of the molecule is CC1C(c2noc(C3CC3)c2COC2CC3CCC(C3)C2)CC2CC1C2(C)C. The Hall–Kier alpha value is -0.830. The van der Waals surface area contributed by atoms with Crippen LogP contribution in [0.1, 0.15) is 107 Å². The topological polar surface area (TPSA) is 35.3 Å². The standard InChI is InChI=1S/C25H37NO2/c1-14-20(11-18-12-22(14)25(18,2)3)23-21(24(28-26-23)17-6-7-17)13-27-19-9-15-4-5-16(8-15)10-19/h14-20,22H,4-13H2,1-3H3. The molecule has 4 bridgehead atoms. The Labute approximate surface area is 170 Å². The van der Waals surface area contributed by atoms with E-state index >= 15 is 0 Å². The second-order valence-corrected chi connectivity index (χ2v) is 11.7. The molecular formula is C25H37NO2. The van der Waals surface area contributed by atoms with Crippen LogP contribution < -0.4 is 0 Å². The lowest BCUT2D eigenvalue weighted by Gasteiger charge is -2.62. The molecule has 0 radical (unpaired) electrons. The molecule has 0 aromatic carbocycles. The maximum absolute atomic E-state index is 6.57. The van der Waals surface area contributed by atoms with Gasteiger partial charge in [-0.25, -0.2) is 0 Å². The number of aromatic nitrogens is 1. The van der Waals surface area contributed by atoms with Crippen LogP contribution in [0.4, 0.5) is 0 Å². The van der Waals surface area contributed by atoms with Crippen LogP contribution >= 0.6 is 0 Å². The van der Waals surface area contributed by atoms with Gasteiger partial charge in [-0.05, 0) is 80.0 Å². The van der Waals surface area contributed by atoms with Crippen molar-refractivity contribution >= 4 is 0 Å². The van der Waals surface area contributed by atoms with Crippen LogP contribution in [0.15, 0.2) is 4.52 Å². The summed E-state index contributed by atoms with van der Waals surface area (Å²) in [5.74, 6) is 6.66. The van der Waals surface area contributed by atoms with Gasteiger partial charge in [-0.15, -0.1) is 0 Å². The quantitative estimate of drug-likeness (QED) is 0.587. The van der Waals surface area contributed by atoms with Gasteiger partial charge >= 0.3 is 0 Å². The van der Waals surface area contributed by atoms with E-state index in [1.54, 1.807) is 0 Å². The van der Waals surface area contributed by atoms with E-state index in [1.807, 2.05) is 0 Å². The zero-order chi connectivity index (χ0) is 19.0. The Morgan fingerprint density at radius 3 is 2.39 bits per heavy atom. The highest BCUT2D eigenvalue weighted by Crippen LogP contribution is 2.65. The highest BCUT2D eigenvalue weighted by Gasteiger charge is 2.57. The number of nitrogens with zero attached hydrogens (tertiary/aromatic N) is 1. The predicted molar refractivity (Wildman–Crippen MR) is 109 cm³/mol. The summed E-state index contributed by atoms with van der Waals surface area (Å²) in [6, 6.07) is 0. The minimum atomic E-state index is 0.470. The van der Waals surface area contributed by atoms with E-state index in [0.717, 1.165) is 30.3 Å². The average Bonchev–Trinajstić information content (AvgIpc) is 3.35. The number of hydrogen-bond donors (Lipinski definition) is 0. The van der Waals surface area contributed by atoms with Crippen LogP contribution in [-0.4, -0.2) is 11.3 Å². The smallest absolute Gasteiger partial charge is 0.145 e. The Kier molecular flexibility index (Phi) is 4.07. The zero-order valence-corrected chi connectivity index (χ0v) is 18.0. The van der Waals surface area contributed by atoms with Gasteiger partial charge < -0.3 is 9.26 Å². The number of fused-ring (bicyclic) bond motifs is 4. The van der Waals surface area contributed by atoms with Crippen molar-refractivity contribution in [3.8, 4) is 0 Å². The first-order valence-electron chi connectivity index (χ1n) is 12.1. The molecule has 28 heavy (non-hydrogen) atoms. The van der Waals surface area contributed by atoms with Crippen LogP contribution in [0.25, 0.3) is 0 Å². The van der Waals surface area contributed by atoms with Crippen molar-refractivity contribution in [3.63, 3.8) is 0 Å². The number of ether oxygens (including phenoxy) is 1. The van der Waals surface area contributed by atoms with Crippen LogP contribution in [0.5, 0.6) is 0 Å². The molecule has 6 saturated carbocycles. The van der Waals surface area contributed by atoms with Gasteiger partial charge in [-0.3, -0.25) is 0 Å². The molecule has 6 unspecified atom stereocenters. The van der Waals surface area contributed by atoms with E-state index in [0.29, 0.717) is 29.3 Å². The molecule has 1 heterocycles. The fourth-order valence-corrected chi connectivity index (χ4v) is 7.73. The molecular weight excluding hydrogens is 346 g/mol. The largest absolute Gasteiger partial charge is 0.373 e. The lowest BCUT2D eigenvalue weighted by Crippen LogP contribution is -2.54. The van der Waals surface area contributed by atoms with Crippen molar-refractivity contribution in [1.29, 1.82) is 0 Å². The summed E-state index contributed by atoms with van der Waals surface area (Å²) < 4.78 is 12.6. The fourth-order valence-electron chi connectivity index (χ4n) is 7.73. The first kappa shape index (κ1) is 18.0. The first-order chi connectivity index (χ1) is 13.5. The molecule has 7 rings (SSSR count). The molecule has 154 valence electrons. The van der Waals surface area contributed by atoms with E-state index in [1.165, 1.54) is 74.8 Å². The van der Waals surface area contributed by atoms with Gasteiger partial charge in [-0.1, -0.05) is 38.8 Å². The van der Waals surface area contributed by atoms with E-state index < -0.39 is 0 Å². The van der Waals surface area contributed by atoms with E-state index in [2.05, 4.69) is 20.8 Å². The van der Waals surface area contributed by atoms with Crippen molar-refractivity contribution in [1.82, 2.24) is 5.16 Å². The molecule has 6 atom stereocenters. The van der Waals surface area contributed by atoms with Crippen LogP contribution in [-0.2, 0) is 11.3 Å². The maximum atomic E-state index is 6.57. The lowest BCUT2D eigenvalue weighted by molar-refractivity contribution is -0.112. The zero-order valence-electron chi connectivity index (χ0n) is 18.0. The third kappa shape index (κ3) is 2.75. The average molecular weight is 384 g/mol. The third-order valence-corrected chi connectivity index (χ3v) is 9.81. The Morgan fingerprint density at radius 2 is 1.75 bits per heavy atom. The fraction of sp³-hybridized carbons (Fsp3) is 0.880. The lowest BCUT2D eigenvalue weighted by atomic mass is 9.43. The molecule has 0 saturated heterocycles. The molecule has 1 aromatic heterocycles. The molecule has 6 fully saturated rings. The van der Waals surface area contributed by atoms with Gasteiger partial charge in [0.2, 0.25) is 0 Å². The predicted octanol–water partition coefficient (Wildman–Crippen LogP) is 6.43. The number of hydrogen-bond acceptors (Lipinski definition) is 3. The Bertz CT molecular complexity index is 736. The van der Waals surface area contributed by atoms with Crippen molar-refractivity contribution < 1.29 is 9.26 Å². The van der Waals surface area contributed by atoms with Crippen LogP contribution in [0.2, 0.25) is 0 Å². The van der Waals surface area contributed by atoms with Gasteiger partial charge in [0, 0.05) is 17.4 Å².